The van der Waals surface area contributed by atoms with Gasteiger partial charge in [0.05, 0.1) is 0 Å². The highest BCUT2D eigenvalue weighted by Crippen LogP contribution is 2.32. The molecule has 0 aliphatic heterocycles. The highest BCUT2D eigenvalue weighted by Gasteiger charge is 2.09. The first-order valence-corrected chi connectivity index (χ1v) is 7.18. The van der Waals surface area contributed by atoms with Crippen LogP contribution in [0.3, 0.4) is 0 Å². The molecule has 0 bridgehead atoms. The van der Waals surface area contributed by atoms with Gasteiger partial charge < -0.3 is 10.5 Å². The SMILES string of the molecule is CSc1cccc(Oc2ccc(C)c(F)c2)c1CN. The molecule has 0 saturated carbocycles. The molecule has 0 amide bonds. The number of benzene rings is 2. The van der Waals surface area contributed by atoms with E-state index in [9.17, 15) is 4.39 Å². The van der Waals surface area contributed by atoms with Crippen molar-refractivity contribution >= 4 is 11.8 Å². The minimum Gasteiger partial charge on any atom is -0.457 e. The maximum absolute atomic E-state index is 13.5. The summed E-state index contributed by atoms with van der Waals surface area (Å²) in [5.41, 5.74) is 7.31. The molecule has 0 aliphatic rings. The van der Waals surface area contributed by atoms with Crippen molar-refractivity contribution in [3.8, 4) is 11.5 Å². The first-order valence-electron chi connectivity index (χ1n) is 5.95. The molecule has 0 unspecified atom stereocenters. The van der Waals surface area contributed by atoms with Gasteiger partial charge in [-0.2, -0.15) is 0 Å². The second kappa shape index (κ2) is 6.08. The summed E-state index contributed by atoms with van der Waals surface area (Å²) in [4.78, 5) is 1.08. The van der Waals surface area contributed by atoms with Crippen LogP contribution in [0.4, 0.5) is 4.39 Å². The van der Waals surface area contributed by atoms with Gasteiger partial charge in [0, 0.05) is 23.1 Å². The molecule has 2 nitrogen and oxygen atoms in total. The molecule has 2 aromatic carbocycles. The number of ether oxygens (including phenoxy) is 1. The van der Waals surface area contributed by atoms with Crippen molar-refractivity contribution < 1.29 is 9.13 Å². The maximum atomic E-state index is 13.5. The van der Waals surface area contributed by atoms with Crippen LogP contribution in [0.2, 0.25) is 0 Å². The zero-order valence-electron chi connectivity index (χ0n) is 10.9. The van der Waals surface area contributed by atoms with Gasteiger partial charge in [0.15, 0.2) is 0 Å². The topological polar surface area (TPSA) is 35.2 Å². The Bertz CT molecular complexity index is 586. The van der Waals surface area contributed by atoms with Crippen LogP contribution in [0.15, 0.2) is 41.3 Å². The molecule has 2 aromatic rings. The Morgan fingerprint density at radius 1 is 1.26 bits per heavy atom. The van der Waals surface area contributed by atoms with E-state index in [0.717, 1.165) is 10.5 Å². The molecule has 0 saturated heterocycles. The standard InChI is InChI=1S/C15H16FNOS/c1-10-6-7-11(8-13(10)16)18-14-4-3-5-15(19-2)12(14)9-17/h3-8H,9,17H2,1-2H3. The van der Waals surface area contributed by atoms with Gasteiger partial charge in [-0.25, -0.2) is 4.39 Å². The summed E-state index contributed by atoms with van der Waals surface area (Å²) in [6.45, 7) is 2.11. The van der Waals surface area contributed by atoms with E-state index in [1.165, 1.54) is 6.07 Å². The van der Waals surface area contributed by atoms with Gasteiger partial charge in [-0.1, -0.05) is 12.1 Å². The molecule has 0 radical (unpaired) electrons. The summed E-state index contributed by atoms with van der Waals surface area (Å²) in [5, 5.41) is 0. The molecule has 0 fully saturated rings. The van der Waals surface area contributed by atoms with Gasteiger partial charge in [0.25, 0.3) is 0 Å². The summed E-state index contributed by atoms with van der Waals surface area (Å²) in [6, 6.07) is 10.6. The summed E-state index contributed by atoms with van der Waals surface area (Å²) >= 11 is 1.62. The van der Waals surface area contributed by atoms with Crippen LogP contribution >= 0.6 is 11.8 Å². The maximum Gasteiger partial charge on any atom is 0.133 e. The van der Waals surface area contributed by atoms with Crippen molar-refractivity contribution in [1.29, 1.82) is 0 Å². The number of thioether (sulfide) groups is 1. The third-order valence-corrected chi connectivity index (χ3v) is 3.71. The first-order chi connectivity index (χ1) is 9.15. The van der Waals surface area contributed by atoms with Crippen LogP contribution in [-0.4, -0.2) is 6.26 Å². The Morgan fingerprint density at radius 3 is 2.68 bits per heavy atom. The molecule has 2 rings (SSSR count). The van der Waals surface area contributed by atoms with Crippen molar-refractivity contribution in [1.82, 2.24) is 0 Å². The van der Waals surface area contributed by atoms with Crippen LogP contribution in [-0.2, 0) is 6.54 Å². The lowest BCUT2D eigenvalue weighted by Crippen LogP contribution is -2.01. The lowest BCUT2D eigenvalue weighted by Gasteiger charge is -2.13. The molecular weight excluding hydrogens is 261 g/mol. The smallest absolute Gasteiger partial charge is 0.133 e. The zero-order valence-corrected chi connectivity index (χ0v) is 11.8. The number of halogens is 1. The Labute approximate surface area is 116 Å². The van der Waals surface area contributed by atoms with Crippen LogP contribution in [0, 0.1) is 12.7 Å². The summed E-state index contributed by atoms with van der Waals surface area (Å²) in [7, 11) is 0. The molecule has 0 heterocycles. The van der Waals surface area contributed by atoms with Gasteiger partial charge in [-0.15, -0.1) is 11.8 Å². The van der Waals surface area contributed by atoms with E-state index in [1.807, 2.05) is 24.5 Å². The van der Waals surface area contributed by atoms with E-state index in [4.69, 9.17) is 10.5 Å². The van der Waals surface area contributed by atoms with Crippen molar-refractivity contribution in [2.24, 2.45) is 5.73 Å². The monoisotopic (exact) mass is 277 g/mol. The van der Waals surface area contributed by atoms with Crippen molar-refractivity contribution in [2.75, 3.05) is 6.26 Å². The Morgan fingerprint density at radius 2 is 2.05 bits per heavy atom. The quantitative estimate of drug-likeness (QED) is 0.854. The summed E-state index contributed by atoms with van der Waals surface area (Å²) < 4.78 is 19.2. The minimum atomic E-state index is -0.271. The van der Waals surface area contributed by atoms with E-state index in [-0.39, 0.29) is 5.82 Å². The predicted octanol–water partition coefficient (Wildman–Crippen LogP) is 4.11. The third kappa shape index (κ3) is 3.08. The van der Waals surface area contributed by atoms with E-state index in [0.29, 0.717) is 23.6 Å². The summed E-state index contributed by atoms with van der Waals surface area (Å²) in [5.74, 6) is 0.890. The number of nitrogens with two attached hydrogens (primary N) is 1. The fraction of sp³-hybridized carbons (Fsp3) is 0.200. The zero-order chi connectivity index (χ0) is 13.8. The normalized spacial score (nSPS) is 10.5. The Hall–Kier alpha value is -1.52. The van der Waals surface area contributed by atoms with E-state index in [1.54, 1.807) is 30.8 Å². The molecule has 2 N–H and O–H groups in total. The minimum absolute atomic E-state index is 0.271. The second-order valence-corrected chi connectivity index (χ2v) is 5.00. The lowest BCUT2D eigenvalue weighted by atomic mass is 10.2. The molecule has 0 aliphatic carbocycles. The number of hydrogen-bond donors (Lipinski definition) is 1. The van der Waals surface area contributed by atoms with Crippen molar-refractivity contribution in [3.05, 3.63) is 53.3 Å². The number of rotatable bonds is 4. The van der Waals surface area contributed by atoms with Crippen molar-refractivity contribution in [3.63, 3.8) is 0 Å². The average Bonchev–Trinajstić information content (AvgIpc) is 2.42. The van der Waals surface area contributed by atoms with Gasteiger partial charge in [0.2, 0.25) is 0 Å². The summed E-state index contributed by atoms with van der Waals surface area (Å²) in [6.07, 6.45) is 1.99. The molecule has 100 valence electrons. The number of hydrogen-bond acceptors (Lipinski definition) is 3. The fourth-order valence-electron chi connectivity index (χ4n) is 1.80. The van der Waals surface area contributed by atoms with Crippen LogP contribution in [0.1, 0.15) is 11.1 Å². The van der Waals surface area contributed by atoms with E-state index < -0.39 is 0 Å². The molecular formula is C15H16FNOS. The Balaban J connectivity index is 2.35. The second-order valence-electron chi connectivity index (χ2n) is 4.15. The largest absolute Gasteiger partial charge is 0.457 e. The van der Waals surface area contributed by atoms with Gasteiger partial charge >= 0.3 is 0 Å². The molecule has 19 heavy (non-hydrogen) atoms. The van der Waals surface area contributed by atoms with Gasteiger partial charge in [-0.3, -0.25) is 0 Å². The van der Waals surface area contributed by atoms with E-state index in [2.05, 4.69) is 0 Å². The highest BCUT2D eigenvalue weighted by atomic mass is 32.2. The van der Waals surface area contributed by atoms with Crippen LogP contribution in [0.25, 0.3) is 0 Å². The van der Waals surface area contributed by atoms with Gasteiger partial charge in [-0.05, 0) is 36.9 Å². The van der Waals surface area contributed by atoms with Crippen LogP contribution in [0.5, 0.6) is 11.5 Å². The molecule has 4 heteroatoms. The van der Waals surface area contributed by atoms with E-state index >= 15 is 0 Å². The lowest BCUT2D eigenvalue weighted by molar-refractivity contribution is 0.468. The molecule has 0 aromatic heterocycles. The van der Waals surface area contributed by atoms with Crippen molar-refractivity contribution in [2.45, 2.75) is 18.4 Å². The van der Waals surface area contributed by atoms with Gasteiger partial charge in [0.1, 0.15) is 17.3 Å². The predicted molar refractivity (Wildman–Crippen MR) is 77.3 cm³/mol. The highest BCUT2D eigenvalue weighted by molar-refractivity contribution is 7.98. The number of aryl methyl sites for hydroxylation is 1. The van der Waals surface area contributed by atoms with Crippen LogP contribution < -0.4 is 10.5 Å². The fourth-order valence-corrected chi connectivity index (χ4v) is 2.44. The average molecular weight is 277 g/mol. The molecule has 0 spiro atoms. The molecule has 0 atom stereocenters. The Kier molecular flexibility index (Phi) is 4.45. The third-order valence-electron chi connectivity index (χ3n) is 2.89. The first kappa shape index (κ1) is 13.9.